The Morgan fingerprint density at radius 2 is 2.00 bits per heavy atom. The van der Waals surface area contributed by atoms with Crippen molar-refractivity contribution in [1.29, 1.82) is 0 Å². The molecule has 1 aliphatic carbocycles. The van der Waals surface area contributed by atoms with Crippen LogP contribution in [0.4, 0.5) is 0 Å². The fourth-order valence-electron chi connectivity index (χ4n) is 3.31. The van der Waals surface area contributed by atoms with E-state index in [0.29, 0.717) is 12.1 Å². The molecule has 1 aromatic heterocycles. The molecule has 0 atom stereocenters. The standard InChI is InChI=1S/C17H25N3O/c1-2-11-20(14-9-7-13(18)8-10-14)12-17-19-15-5-3-4-6-16(15)21-17/h3-6,13-14H,2,7-12,18H2,1H3. The lowest BCUT2D eigenvalue weighted by Gasteiger charge is -2.35. The van der Waals surface area contributed by atoms with Gasteiger partial charge >= 0.3 is 0 Å². The third-order valence-electron chi connectivity index (χ3n) is 4.45. The number of hydrogen-bond acceptors (Lipinski definition) is 4. The van der Waals surface area contributed by atoms with Crippen molar-refractivity contribution in [2.45, 2.75) is 57.7 Å². The fourth-order valence-corrected chi connectivity index (χ4v) is 3.31. The third kappa shape index (κ3) is 3.44. The summed E-state index contributed by atoms with van der Waals surface area (Å²) in [5.41, 5.74) is 7.86. The number of benzene rings is 1. The maximum absolute atomic E-state index is 6.03. The summed E-state index contributed by atoms with van der Waals surface area (Å²) in [5, 5.41) is 0. The van der Waals surface area contributed by atoms with Gasteiger partial charge in [0.25, 0.3) is 0 Å². The van der Waals surface area contributed by atoms with Crippen LogP contribution in [0, 0.1) is 0 Å². The van der Waals surface area contributed by atoms with Gasteiger partial charge in [-0.3, -0.25) is 4.90 Å². The number of para-hydroxylation sites is 2. The lowest BCUT2D eigenvalue weighted by Crippen LogP contribution is -2.40. The molecule has 0 aliphatic heterocycles. The molecule has 114 valence electrons. The van der Waals surface area contributed by atoms with Gasteiger partial charge in [-0.05, 0) is 50.8 Å². The molecule has 0 radical (unpaired) electrons. The molecule has 21 heavy (non-hydrogen) atoms. The molecule has 2 N–H and O–H groups in total. The Bertz CT molecular complexity index is 539. The molecule has 1 fully saturated rings. The topological polar surface area (TPSA) is 55.3 Å². The summed E-state index contributed by atoms with van der Waals surface area (Å²) in [6, 6.07) is 9.00. The monoisotopic (exact) mass is 287 g/mol. The Labute approximate surface area is 126 Å². The molecule has 0 unspecified atom stereocenters. The first-order valence-electron chi connectivity index (χ1n) is 8.10. The predicted molar refractivity (Wildman–Crippen MR) is 84.9 cm³/mol. The number of oxazole rings is 1. The molecule has 1 heterocycles. The minimum Gasteiger partial charge on any atom is -0.439 e. The van der Waals surface area contributed by atoms with Gasteiger partial charge in [0.2, 0.25) is 5.89 Å². The smallest absolute Gasteiger partial charge is 0.209 e. The maximum Gasteiger partial charge on any atom is 0.209 e. The Morgan fingerprint density at radius 3 is 2.71 bits per heavy atom. The van der Waals surface area contributed by atoms with E-state index in [1.54, 1.807) is 0 Å². The molecule has 0 bridgehead atoms. The van der Waals surface area contributed by atoms with Gasteiger partial charge in [0.05, 0.1) is 6.54 Å². The lowest BCUT2D eigenvalue weighted by atomic mass is 9.90. The first kappa shape index (κ1) is 14.5. The summed E-state index contributed by atoms with van der Waals surface area (Å²) in [6.45, 7) is 4.13. The van der Waals surface area contributed by atoms with Crippen LogP contribution in [0.15, 0.2) is 28.7 Å². The van der Waals surface area contributed by atoms with Crippen molar-refractivity contribution >= 4 is 11.1 Å². The van der Waals surface area contributed by atoms with E-state index in [0.717, 1.165) is 49.3 Å². The quantitative estimate of drug-likeness (QED) is 0.916. The Balaban J connectivity index is 1.72. The number of nitrogens with two attached hydrogens (primary N) is 1. The van der Waals surface area contributed by atoms with E-state index >= 15 is 0 Å². The highest BCUT2D eigenvalue weighted by molar-refractivity contribution is 5.72. The second kappa shape index (κ2) is 6.58. The molecule has 0 spiro atoms. The van der Waals surface area contributed by atoms with Crippen molar-refractivity contribution in [3.63, 3.8) is 0 Å². The number of hydrogen-bond donors (Lipinski definition) is 1. The van der Waals surface area contributed by atoms with Gasteiger partial charge in [0, 0.05) is 12.1 Å². The highest BCUT2D eigenvalue weighted by Crippen LogP contribution is 2.24. The molecule has 4 nitrogen and oxygen atoms in total. The summed E-state index contributed by atoms with van der Waals surface area (Å²) >= 11 is 0. The van der Waals surface area contributed by atoms with Gasteiger partial charge < -0.3 is 10.2 Å². The van der Waals surface area contributed by atoms with Crippen molar-refractivity contribution in [2.24, 2.45) is 5.73 Å². The van der Waals surface area contributed by atoms with E-state index in [1.807, 2.05) is 24.3 Å². The highest BCUT2D eigenvalue weighted by Gasteiger charge is 2.25. The van der Waals surface area contributed by atoms with E-state index < -0.39 is 0 Å². The van der Waals surface area contributed by atoms with Crippen LogP contribution in [0.5, 0.6) is 0 Å². The summed E-state index contributed by atoms with van der Waals surface area (Å²) in [6.07, 6.45) is 5.82. The number of aromatic nitrogens is 1. The second-order valence-electron chi connectivity index (χ2n) is 6.11. The van der Waals surface area contributed by atoms with Crippen molar-refractivity contribution < 1.29 is 4.42 Å². The minimum atomic E-state index is 0.397. The molecule has 1 saturated carbocycles. The van der Waals surface area contributed by atoms with Crippen LogP contribution in [-0.2, 0) is 6.54 Å². The SMILES string of the molecule is CCCN(Cc1nc2ccccc2o1)C1CCC(N)CC1. The molecule has 3 rings (SSSR count). The van der Waals surface area contributed by atoms with E-state index in [1.165, 1.54) is 12.8 Å². The number of nitrogens with zero attached hydrogens (tertiary/aromatic N) is 2. The Morgan fingerprint density at radius 1 is 1.24 bits per heavy atom. The van der Waals surface area contributed by atoms with Crippen molar-refractivity contribution in [3.8, 4) is 0 Å². The van der Waals surface area contributed by atoms with Crippen molar-refractivity contribution in [2.75, 3.05) is 6.54 Å². The predicted octanol–water partition coefficient (Wildman–Crippen LogP) is 3.31. The van der Waals surface area contributed by atoms with Crippen LogP contribution in [0.25, 0.3) is 11.1 Å². The number of fused-ring (bicyclic) bond motifs is 1. The van der Waals surface area contributed by atoms with Gasteiger partial charge in [0.15, 0.2) is 5.58 Å². The molecule has 0 amide bonds. The van der Waals surface area contributed by atoms with Crippen molar-refractivity contribution in [3.05, 3.63) is 30.2 Å². The van der Waals surface area contributed by atoms with E-state index in [-0.39, 0.29) is 0 Å². The first-order valence-corrected chi connectivity index (χ1v) is 8.10. The van der Waals surface area contributed by atoms with Crippen LogP contribution >= 0.6 is 0 Å². The van der Waals surface area contributed by atoms with Gasteiger partial charge in [-0.15, -0.1) is 0 Å². The average molecular weight is 287 g/mol. The summed E-state index contributed by atoms with van der Waals surface area (Å²) < 4.78 is 5.88. The van der Waals surface area contributed by atoms with Gasteiger partial charge in [-0.2, -0.15) is 0 Å². The van der Waals surface area contributed by atoms with Gasteiger partial charge in [-0.25, -0.2) is 4.98 Å². The normalized spacial score (nSPS) is 23.0. The zero-order valence-electron chi connectivity index (χ0n) is 12.8. The lowest BCUT2D eigenvalue weighted by molar-refractivity contribution is 0.131. The summed E-state index contributed by atoms with van der Waals surface area (Å²) in [5.74, 6) is 0.833. The molecule has 1 aliphatic rings. The maximum atomic E-state index is 6.03. The minimum absolute atomic E-state index is 0.397. The third-order valence-corrected chi connectivity index (χ3v) is 4.45. The van der Waals surface area contributed by atoms with E-state index in [4.69, 9.17) is 10.2 Å². The Kier molecular flexibility index (Phi) is 4.56. The molecule has 2 aromatic rings. The van der Waals surface area contributed by atoms with Gasteiger partial charge in [0.1, 0.15) is 5.52 Å². The van der Waals surface area contributed by atoms with Crippen LogP contribution in [0.3, 0.4) is 0 Å². The fraction of sp³-hybridized carbons (Fsp3) is 0.588. The van der Waals surface area contributed by atoms with Crippen LogP contribution in [0.2, 0.25) is 0 Å². The largest absolute Gasteiger partial charge is 0.439 e. The molecule has 0 saturated heterocycles. The average Bonchev–Trinajstić information content (AvgIpc) is 2.90. The van der Waals surface area contributed by atoms with E-state index in [9.17, 15) is 0 Å². The zero-order valence-corrected chi connectivity index (χ0v) is 12.8. The van der Waals surface area contributed by atoms with Gasteiger partial charge in [-0.1, -0.05) is 19.1 Å². The first-order chi connectivity index (χ1) is 10.3. The van der Waals surface area contributed by atoms with Crippen LogP contribution in [-0.4, -0.2) is 28.5 Å². The van der Waals surface area contributed by atoms with Crippen LogP contribution < -0.4 is 5.73 Å². The molecular weight excluding hydrogens is 262 g/mol. The molecule has 4 heteroatoms. The molecule has 1 aromatic carbocycles. The Hall–Kier alpha value is -1.39. The summed E-state index contributed by atoms with van der Waals surface area (Å²) in [7, 11) is 0. The number of rotatable bonds is 5. The second-order valence-corrected chi connectivity index (χ2v) is 6.11. The summed E-state index contributed by atoms with van der Waals surface area (Å²) in [4.78, 5) is 7.14. The van der Waals surface area contributed by atoms with Crippen LogP contribution in [0.1, 0.15) is 44.9 Å². The van der Waals surface area contributed by atoms with Crippen molar-refractivity contribution in [1.82, 2.24) is 9.88 Å². The molecular formula is C17H25N3O. The highest BCUT2D eigenvalue weighted by atomic mass is 16.3. The van der Waals surface area contributed by atoms with E-state index in [2.05, 4.69) is 16.8 Å². The zero-order chi connectivity index (χ0) is 14.7.